The molecule has 0 aromatic carbocycles. The van der Waals surface area contributed by atoms with Gasteiger partial charge in [-0.15, -0.1) is 11.8 Å². The Labute approximate surface area is 183 Å². The third kappa shape index (κ3) is 6.00. The molecule has 11 nitrogen and oxygen atoms in total. The van der Waals surface area contributed by atoms with Crippen LogP contribution < -0.4 is 11.1 Å². The molecule has 1 saturated heterocycles. The molecule has 2 heterocycles. The number of fused-ring (bicyclic) bond motifs is 1. The molecular weight excluding hydrogens is 460 g/mol. The van der Waals surface area contributed by atoms with E-state index in [1.54, 1.807) is 0 Å². The number of aliphatic carboxylic acids is 2. The van der Waals surface area contributed by atoms with E-state index >= 15 is 0 Å². The van der Waals surface area contributed by atoms with Gasteiger partial charge in [-0.05, 0) is 12.8 Å². The summed E-state index contributed by atoms with van der Waals surface area (Å²) >= 11 is 1.26. The molecule has 0 unspecified atom stereocenters. The summed E-state index contributed by atoms with van der Waals surface area (Å²) in [5.74, 6) is -3.79. The fourth-order valence-electron chi connectivity index (χ4n) is 2.83. The van der Waals surface area contributed by atoms with Crippen molar-refractivity contribution in [1.82, 2.24) is 10.2 Å². The van der Waals surface area contributed by atoms with Crippen LogP contribution in [0.25, 0.3) is 0 Å². The number of hydrogen-bond acceptors (Lipinski definition) is 8. The van der Waals surface area contributed by atoms with E-state index in [0.717, 1.165) is 4.90 Å². The predicted molar refractivity (Wildman–Crippen MR) is 95.8 cm³/mol. The minimum atomic E-state index is -1.31. The number of carbonyl (C=O) groups is 5. The number of nitrogens with two attached hydrogens (primary N) is 1. The van der Waals surface area contributed by atoms with Gasteiger partial charge in [0, 0.05) is 24.7 Å². The quantitative estimate of drug-likeness (QED) is 0.179. The van der Waals surface area contributed by atoms with E-state index in [1.807, 2.05) is 0 Å². The predicted octanol–water partition coefficient (Wildman–Crippen LogP) is -1.13. The molecule has 13 heteroatoms. The van der Waals surface area contributed by atoms with Crippen molar-refractivity contribution in [3.8, 4) is 0 Å². The van der Waals surface area contributed by atoms with Gasteiger partial charge in [-0.3, -0.25) is 24.1 Å². The number of carboxylic acid groups (broad SMARTS) is 2. The number of hydrogen-bond donors (Lipinski definition) is 4. The van der Waals surface area contributed by atoms with Crippen LogP contribution in [0.4, 0.5) is 0 Å². The molecule has 0 radical (unpaired) electrons. The van der Waals surface area contributed by atoms with Crippen molar-refractivity contribution in [2.75, 3.05) is 12.4 Å². The average molecular weight is 481 g/mol. The van der Waals surface area contributed by atoms with Crippen molar-refractivity contribution in [2.45, 2.75) is 43.6 Å². The summed E-state index contributed by atoms with van der Waals surface area (Å²) in [5, 5.41) is 20.1. The topological polar surface area (TPSA) is 176 Å². The van der Waals surface area contributed by atoms with Crippen molar-refractivity contribution in [3.05, 3.63) is 11.3 Å². The van der Waals surface area contributed by atoms with Crippen molar-refractivity contribution in [3.63, 3.8) is 0 Å². The number of nitrogens with one attached hydrogen (secondary N) is 1. The number of nitrogens with zero attached hydrogens (tertiary/aromatic N) is 1. The normalized spacial score (nSPS) is 21.3. The second-order valence-electron chi connectivity index (χ2n) is 6.33. The number of carbonyl (C=O) groups excluding carboxylic acids is 3. The van der Waals surface area contributed by atoms with Gasteiger partial charge in [-0.25, -0.2) is 4.79 Å². The van der Waals surface area contributed by atoms with Crippen LogP contribution in [0, 0.1) is 0 Å². The number of β-lactam (4-membered cyclic amide) rings is 1. The van der Waals surface area contributed by atoms with E-state index in [4.69, 9.17) is 15.6 Å². The second-order valence-corrected chi connectivity index (χ2v) is 7.43. The van der Waals surface area contributed by atoms with Gasteiger partial charge in [0.1, 0.15) is 29.8 Å². The molecule has 0 saturated carbocycles. The van der Waals surface area contributed by atoms with Crippen molar-refractivity contribution >= 4 is 41.5 Å². The number of carboxylic acids is 2. The standard InChI is InChI=1S/C16H21N3O8S.Zn/c1-7(20)27-5-8-6-28-14-11(13(22)19(14)12(8)16(25)26)18-10(21)4-2-3-9(17)15(23)24;/h9,11,14H,2-6,17H2,1H3,(H,18,21)(H,23,24)(H,25,26);/q;+2/t9-,11-,14-;/m1./s1. The third-order valence-corrected chi connectivity index (χ3v) is 5.59. The molecule has 2 rings (SSSR count). The summed E-state index contributed by atoms with van der Waals surface area (Å²) in [6.45, 7) is 0.977. The molecule has 1 fully saturated rings. The fraction of sp³-hybridized carbons (Fsp3) is 0.562. The Kier molecular flexibility index (Phi) is 9.25. The molecule has 0 aliphatic carbocycles. The average Bonchev–Trinajstić information content (AvgIpc) is 2.62. The van der Waals surface area contributed by atoms with Gasteiger partial charge in [-0.1, -0.05) is 0 Å². The Bertz CT molecular complexity index is 744. The Balaban J connectivity index is 0.00000420. The van der Waals surface area contributed by atoms with Gasteiger partial charge in [0.2, 0.25) is 5.91 Å². The molecule has 0 spiro atoms. The maximum atomic E-state index is 12.4. The summed E-state index contributed by atoms with van der Waals surface area (Å²) in [7, 11) is 0. The summed E-state index contributed by atoms with van der Waals surface area (Å²) in [6.07, 6.45) is 0.368. The van der Waals surface area contributed by atoms with E-state index in [0.29, 0.717) is 5.57 Å². The zero-order chi connectivity index (χ0) is 21.0. The van der Waals surface area contributed by atoms with Gasteiger partial charge >= 0.3 is 37.4 Å². The first-order valence-electron chi connectivity index (χ1n) is 8.44. The number of rotatable bonds is 9. The Morgan fingerprint density at radius 3 is 2.55 bits per heavy atom. The van der Waals surface area contributed by atoms with Gasteiger partial charge in [0.25, 0.3) is 5.91 Å². The number of esters is 1. The van der Waals surface area contributed by atoms with E-state index < -0.39 is 47.2 Å². The molecule has 0 aromatic rings. The van der Waals surface area contributed by atoms with Gasteiger partial charge in [0.15, 0.2) is 0 Å². The summed E-state index contributed by atoms with van der Waals surface area (Å²) in [6, 6.07) is -1.92. The van der Waals surface area contributed by atoms with E-state index in [1.165, 1.54) is 18.7 Å². The molecular formula is C16H21N3O8SZn+2. The molecule has 0 bridgehead atoms. The molecule has 2 aliphatic rings. The van der Waals surface area contributed by atoms with Crippen LogP contribution in [-0.2, 0) is 48.2 Å². The minimum Gasteiger partial charge on any atom is -0.480 e. The Morgan fingerprint density at radius 1 is 1.34 bits per heavy atom. The molecule has 5 N–H and O–H groups in total. The number of amides is 2. The summed E-state index contributed by atoms with van der Waals surface area (Å²) in [4.78, 5) is 58.7. The fourth-order valence-corrected chi connectivity index (χ4v) is 4.16. The molecule has 3 atom stereocenters. The maximum Gasteiger partial charge on any atom is 2.00 e. The van der Waals surface area contributed by atoms with Gasteiger partial charge in [-0.2, -0.15) is 0 Å². The summed E-state index contributed by atoms with van der Waals surface area (Å²) < 4.78 is 4.84. The van der Waals surface area contributed by atoms with Crippen LogP contribution in [0.5, 0.6) is 0 Å². The smallest absolute Gasteiger partial charge is 0.480 e. The molecule has 154 valence electrons. The van der Waals surface area contributed by atoms with Crippen LogP contribution in [0.2, 0.25) is 0 Å². The SMILES string of the molecule is CC(=O)OCC1=C(C(=O)O)N2C(=O)[C@@H](NC(=O)CCC[C@@H](N)C(=O)O)[C@H]2SC1.[Zn+2]. The Morgan fingerprint density at radius 2 is 2.00 bits per heavy atom. The zero-order valence-electron chi connectivity index (χ0n) is 15.8. The number of ether oxygens (including phenoxy) is 1. The van der Waals surface area contributed by atoms with Gasteiger partial charge in [0.05, 0.1) is 0 Å². The van der Waals surface area contributed by atoms with Crippen molar-refractivity contribution < 1.29 is 58.4 Å². The molecule has 2 amide bonds. The maximum absolute atomic E-state index is 12.4. The zero-order valence-corrected chi connectivity index (χ0v) is 19.5. The van der Waals surface area contributed by atoms with Crippen LogP contribution in [0.1, 0.15) is 26.2 Å². The van der Waals surface area contributed by atoms with E-state index in [-0.39, 0.29) is 56.8 Å². The first-order chi connectivity index (χ1) is 13.1. The first kappa shape index (κ1) is 25.1. The second kappa shape index (κ2) is 10.7. The van der Waals surface area contributed by atoms with Crippen LogP contribution in [-0.4, -0.2) is 74.7 Å². The van der Waals surface area contributed by atoms with E-state index in [9.17, 15) is 29.1 Å². The monoisotopic (exact) mass is 479 g/mol. The largest absolute Gasteiger partial charge is 2.00 e. The van der Waals surface area contributed by atoms with Crippen LogP contribution >= 0.6 is 11.8 Å². The molecule has 2 aliphatic heterocycles. The minimum absolute atomic E-state index is 0. The van der Waals surface area contributed by atoms with Crippen LogP contribution in [0.15, 0.2) is 11.3 Å². The molecule has 0 aromatic heterocycles. The van der Waals surface area contributed by atoms with Gasteiger partial charge < -0.3 is 26.0 Å². The Hall–Kier alpha value is -1.98. The third-order valence-electron chi connectivity index (χ3n) is 4.25. The van der Waals surface area contributed by atoms with Crippen LogP contribution in [0.3, 0.4) is 0 Å². The summed E-state index contributed by atoms with van der Waals surface area (Å²) in [5.41, 5.74) is 5.44. The van der Waals surface area contributed by atoms with E-state index in [2.05, 4.69) is 5.32 Å². The van der Waals surface area contributed by atoms with Crippen molar-refractivity contribution in [1.29, 1.82) is 0 Å². The molecule has 29 heavy (non-hydrogen) atoms. The van der Waals surface area contributed by atoms with Crippen molar-refractivity contribution in [2.24, 2.45) is 5.73 Å². The number of thioether (sulfide) groups is 1. The first-order valence-corrected chi connectivity index (χ1v) is 9.49.